The van der Waals surface area contributed by atoms with E-state index in [1.165, 1.54) is 12.1 Å². The SMILES string of the molecule is CC(C)(C)c1ccc(O)cc1Oc1ccc(F)cc1. The number of aromatic hydroxyl groups is 1. The number of phenolic OH excluding ortho intramolecular Hbond substituents is 1. The highest BCUT2D eigenvalue weighted by atomic mass is 19.1. The Morgan fingerprint density at radius 3 is 2.21 bits per heavy atom. The first kappa shape index (κ1) is 13.4. The molecule has 0 saturated heterocycles. The highest BCUT2D eigenvalue weighted by Gasteiger charge is 2.19. The summed E-state index contributed by atoms with van der Waals surface area (Å²) in [5, 5.41) is 9.59. The second-order valence-electron chi connectivity index (χ2n) is 5.49. The summed E-state index contributed by atoms with van der Waals surface area (Å²) in [6, 6.07) is 10.9. The average Bonchev–Trinajstić information content (AvgIpc) is 2.30. The smallest absolute Gasteiger partial charge is 0.134 e. The molecule has 0 saturated carbocycles. The van der Waals surface area contributed by atoms with Crippen molar-refractivity contribution in [2.75, 3.05) is 0 Å². The van der Waals surface area contributed by atoms with Gasteiger partial charge in [-0.15, -0.1) is 0 Å². The van der Waals surface area contributed by atoms with E-state index in [9.17, 15) is 9.50 Å². The number of phenols is 1. The monoisotopic (exact) mass is 260 g/mol. The molecular weight excluding hydrogens is 243 g/mol. The van der Waals surface area contributed by atoms with Gasteiger partial charge in [0.25, 0.3) is 0 Å². The maximum atomic E-state index is 12.9. The number of hydrogen-bond donors (Lipinski definition) is 1. The molecule has 0 aliphatic rings. The van der Waals surface area contributed by atoms with Crippen LogP contribution < -0.4 is 4.74 Å². The van der Waals surface area contributed by atoms with E-state index < -0.39 is 0 Å². The number of halogens is 1. The molecule has 0 aliphatic heterocycles. The van der Waals surface area contributed by atoms with Crippen LogP contribution in [0.2, 0.25) is 0 Å². The minimum absolute atomic E-state index is 0.108. The van der Waals surface area contributed by atoms with Crippen LogP contribution in [-0.4, -0.2) is 5.11 Å². The second-order valence-corrected chi connectivity index (χ2v) is 5.49. The van der Waals surface area contributed by atoms with Crippen LogP contribution in [0.15, 0.2) is 42.5 Å². The Kier molecular flexibility index (Phi) is 3.47. The molecule has 0 radical (unpaired) electrons. The minimum Gasteiger partial charge on any atom is -0.508 e. The summed E-state index contributed by atoms with van der Waals surface area (Å²) in [5.74, 6) is 0.959. The summed E-state index contributed by atoms with van der Waals surface area (Å²) in [6.07, 6.45) is 0. The zero-order chi connectivity index (χ0) is 14.0. The molecule has 0 unspecified atom stereocenters. The molecule has 0 atom stereocenters. The minimum atomic E-state index is -0.306. The molecule has 0 bridgehead atoms. The number of ether oxygens (including phenoxy) is 1. The molecule has 2 rings (SSSR count). The van der Waals surface area contributed by atoms with Gasteiger partial charge in [0.05, 0.1) is 0 Å². The normalized spacial score (nSPS) is 11.4. The Morgan fingerprint density at radius 1 is 1.00 bits per heavy atom. The predicted molar refractivity (Wildman–Crippen MR) is 73.3 cm³/mol. The Bertz CT molecular complexity index is 568. The molecule has 100 valence electrons. The zero-order valence-electron chi connectivity index (χ0n) is 11.3. The fourth-order valence-electron chi connectivity index (χ4n) is 1.84. The molecule has 0 fully saturated rings. The number of benzene rings is 2. The molecule has 19 heavy (non-hydrogen) atoms. The molecule has 2 aromatic carbocycles. The number of hydrogen-bond acceptors (Lipinski definition) is 2. The van der Waals surface area contributed by atoms with Crippen molar-refractivity contribution < 1.29 is 14.2 Å². The Labute approximate surface area is 112 Å². The second kappa shape index (κ2) is 4.92. The van der Waals surface area contributed by atoms with Gasteiger partial charge in [0.1, 0.15) is 23.1 Å². The van der Waals surface area contributed by atoms with Gasteiger partial charge in [0, 0.05) is 11.6 Å². The van der Waals surface area contributed by atoms with E-state index in [2.05, 4.69) is 20.8 Å². The van der Waals surface area contributed by atoms with Crippen molar-refractivity contribution in [3.63, 3.8) is 0 Å². The van der Waals surface area contributed by atoms with Gasteiger partial charge >= 0.3 is 0 Å². The molecule has 0 spiro atoms. The first-order valence-corrected chi connectivity index (χ1v) is 6.13. The molecule has 2 nitrogen and oxygen atoms in total. The number of rotatable bonds is 2. The fourth-order valence-corrected chi connectivity index (χ4v) is 1.84. The molecule has 0 aliphatic carbocycles. The summed E-state index contributed by atoms with van der Waals surface area (Å²) >= 11 is 0. The van der Waals surface area contributed by atoms with E-state index in [1.807, 2.05) is 6.07 Å². The van der Waals surface area contributed by atoms with Crippen LogP contribution in [0.3, 0.4) is 0 Å². The lowest BCUT2D eigenvalue weighted by Crippen LogP contribution is -2.12. The predicted octanol–water partition coefficient (Wildman–Crippen LogP) is 4.62. The van der Waals surface area contributed by atoms with Crippen molar-refractivity contribution in [2.45, 2.75) is 26.2 Å². The average molecular weight is 260 g/mol. The van der Waals surface area contributed by atoms with Gasteiger partial charge in [-0.3, -0.25) is 0 Å². The highest BCUT2D eigenvalue weighted by Crippen LogP contribution is 2.36. The molecule has 2 aromatic rings. The van der Waals surface area contributed by atoms with Gasteiger partial charge in [-0.25, -0.2) is 4.39 Å². The maximum Gasteiger partial charge on any atom is 0.134 e. The van der Waals surface area contributed by atoms with Gasteiger partial charge in [-0.1, -0.05) is 26.8 Å². The van der Waals surface area contributed by atoms with Crippen LogP contribution in [0.5, 0.6) is 17.2 Å². The van der Waals surface area contributed by atoms with Crippen molar-refractivity contribution >= 4 is 0 Å². The molecular formula is C16H17FO2. The summed E-state index contributed by atoms with van der Waals surface area (Å²) in [6.45, 7) is 6.20. The highest BCUT2D eigenvalue weighted by molar-refractivity contribution is 5.45. The van der Waals surface area contributed by atoms with E-state index in [0.717, 1.165) is 5.56 Å². The molecule has 3 heteroatoms. The van der Waals surface area contributed by atoms with Gasteiger partial charge in [0.2, 0.25) is 0 Å². The molecule has 1 N–H and O–H groups in total. The first-order chi connectivity index (χ1) is 8.86. The standard InChI is InChI=1S/C16H17FO2/c1-16(2,3)14-9-6-12(18)10-15(14)19-13-7-4-11(17)5-8-13/h4-10,18H,1-3H3. The van der Waals surface area contributed by atoms with Crippen molar-refractivity contribution in [2.24, 2.45) is 0 Å². The summed E-state index contributed by atoms with van der Waals surface area (Å²) in [7, 11) is 0. The van der Waals surface area contributed by atoms with Crippen molar-refractivity contribution in [3.8, 4) is 17.2 Å². The van der Waals surface area contributed by atoms with Gasteiger partial charge in [-0.05, 0) is 35.7 Å². The van der Waals surface area contributed by atoms with E-state index in [-0.39, 0.29) is 17.0 Å². The van der Waals surface area contributed by atoms with E-state index >= 15 is 0 Å². The van der Waals surface area contributed by atoms with Gasteiger partial charge in [0.15, 0.2) is 0 Å². The Hall–Kier alpha value is -2.03. The summed E-state index contributed by atoms with van der Waals surface area (Å²) in [5.41, 5.74) is 0.873. The van der Waals surface area contributed by atoms with Crippen LogP contribution in [0.4, 0.5) is 4.39 Å². The van der Waals surface area contributed by atoms with E-state index in [0.29, 0.717) is 11.5 Å². The Morgan fingerprint density at radius 2 is 1.63 bits per heavy atom. The van der Waals surface area contributed by atoms with Crippen molar-refractivity contribution in [1.82, 2.24) is 0 Å². The Balaban J connectivity index is 2.38. The van der Waals surface area contributed by atoms with Crippen LogP contribution in [-0.2, 0) is 5.41 Å². The first-order valence-electron chi connectivity index (χ1n) is 6.13. The van der Waals surface area contributed by atoms with Crippen LogP contribution in [0.25, 0.3) is 0 Å². The molecule has 0 heterocycles. The summed E-state index contributed by atoms with van der Waals surface area (Å²) in [4.78, 5) is 0. The fraction of sp³-hybridized carbons (Fsp3) is 0.250. The third-order valence-electron chi connectivity index (χ3n) is 2.81. The summed E-state index contributed by atoms with van der Waals surface area (Å²) < 4.78 is 18.6. The molecule has 0 amide bonds. The van der Waals surface area contributed by atoms with Crippen molar-refractivity contribution in [1.29, 1.82) is 0 Å². The lowest BCUT2D eigenvalue weighted by atomic mass is 9.86. The third kappa shape index (κ3) is 3.25. The largest absolute Gasteiger partial charge is 0.508 e. The lowest BCUT2D eigenvalue weighted by Gasteiger charge is -2.22. The third-order valence-corrected chi connectivity index (χ3v) is 2.81. The van der Waals surface area contributed by atoms with Crippen LogP contribution in [0, 0.1) is 5.82 Å². The van der Waals surface area contributed by atoms with E-state index in [1.54, 1.807) is 24.3 Å². The topological polar surface area (TPSA) is 29.5 Å². The van der Waals surface area contributed by atoms with Crippen molar-refractivity contribution in [3.05, 3.63) is 53.8 Å². The maximum absolute atomic E-state index is 12.9. The van der Waals surface area contributed by atoms with Gasteiger partial charge in [-0.2, -0.15) is 0 Å². The van der Waals surface area contributed by atoms with E-state index in [4.69, 9.17) is 4.74 Å². The van der Waals surface area contributed by atoms with Crippen LogP contribution >= 0.6 is 0 Å². The quantitative estimate of drug-likeness (QED) is 0.853. The molecule has 0 aromatic heterocycles. The van der Waals surface area contributed by atoms with Crippen LogP contribution in [0.1, 0.15) is 26.3 Å². The lowest BCUT2D eigenvalue weighted by molar-refractivity contribution is 0.438. The zero-order valence-corrected chi connectivity index (χ0v) is 11.3. The van der Waals surface area contributed by atoms with Gasteiger partial charge < -0.3 is 9.84 Å².